The fourth-order valence-electron chi connectivity index (χ4n) is 2.55. The summed E-state index contributed by atoms with van der Waals surface area (Å²) in [5.41, 5.74) is 4.24. The topological polar surface area (TPSA) is 61.8 Å². The van der Waals surface area contributed by atoms with Crippen LogP contribution in [-0.4, -0.2) is 28.6 Å². The lowest BCUT2D eigenvalue weighted by atomic mass is 9.92. The molecule has 0 radical (unpaired) electrons. The van der Waals surface area contributed by atoms with Gasteiger partial charge in [-0.05, 0) is 30.9 Å². The van der Waals surface area contributed by atoms with E-state index in [4.69, 9.17) is 0 Å². The first-order chi connectivity index (χ1) is 11.6. The number of anilines is 1. The van der Waals surface area contributed by atoms with Crippen molar-refractivity contribution in [3.63, 3.8) is 0 Å². The summed E-state index contributed by atoms with van der Waals surface area (Å²) in [4.78, 5) is 28.5. The lowest BCUT2D eigenvalue weighted by molar-refractivity contribution is -0.129. The van der Waals surface area contributed by atoms with Gasteiger partial charge in [0, 0.05) is 5.56 Å². The Morgan fingerprint density at radius 1 is 1.12 bits per heavy atom. The fourth-order valence-corrected chi connectivity index (χ4v) is 3.13. The van der Waals surface area contributed by atoms with Gasteiger partial charge in [-0.2, -0.15) is 5.01 Å². The highest BCUT2D eigenvalue weighted by atomic mass is 32.2. The lowest BCUT2D eigenvalue weighted by Crippen LogP contribution is -2.42. The Hall–Kier alpha value is -2.60. The predicted molar refractivity (Wildman–Crippen MR) is 97.0 cm³/mol. The van der Waals surface area contributed by atoms with E-state index in [1.54, 1.807) is 31.2 Å². The van der Waals surface area contributed by atoms with Gasteiger partial charge >= 0.3 is 0 Å². The number of benzene rings is 2. The Bertz CT molecular complexity index is 790. The molecule has 5 nitrogen and oxygen atoms in total. The third-order valence-corrected chi connectivity index (χ3v) is 4.58. The normalized spacial score (nSPS) is 20.0. The summed E-state index contributed by atoms with van der Waals surface area (Å²) in [5, 5.41) is 2.08. The molecule has 0 saturated heterocycles. The zero-order valence-corrected chi connectivity index (χ0v) is 14.2. The number of hydrogen-bond donors (Lipinski definition) is 1. The molecule has 0 spiro atoms. The Labute approximate surface area is 144 Å². The van der Waals surface area contributed by atoms with E-state index < -0.39 is 5.54 Å². The molecule has 0 saturated carbocycles. The molecule has 122 valence electrons. The average molecular weight is 339 g/mol. The molecule has 0 aromatic heterocycles. The number of nitrogens with one attached hydrogen (secondary N) is 1. The summed E-state index contributed by atoms with van der Waals surface area (Å²) in [6, 6.07) is 16.4. The largest absolute Gasteiger partial charge is 0.298 e. The number of nitrogens with zero attached hydrogens (tertiary/aromatic N) is 2. The number of carbonyl (C=O) groups excluding carboxylic acids is 2. The number of carbonyl (C=O) groups is 2. The van der Waals surface area contributed by atoms with Gasteiger partial charge in [-0.3, -0.25) is 15.0 Å². The van der Waals surface area contributed by atoms with Crippen molar-refractivity contribution in [2.75, 3.05) is 11.7 Å². The van der Waals surface area contributed by atoms with Crippen LogP contribution in [0.25, 0.3) is 0 Å². The van der Waals surface area contributed by atoms with E-state index in [-0.39, 0.29) is 5.91 Å². The van der Waals surface area contributed by atoms with Crippen LogP contribution in [0.3, 0.4) is 0 Å². The monoisotopic (exact) mass is 339 g/mol. The van der Waals surface area contributed by atoms with Crippen molar-refractivity contribution < 1.29 is 9.59 Å². The summed E-state index contributed by atoms with van der Waals surface area (Å²) in [7, 11) is 0. The van der Waals surface area contributed by atoms with Gasteiger partial charge in [-0.25, -0.2) is 4.99 Å². The molecule has 24 heavy (non-hydrogen) atoms. The van der Waals surface area contributed by atoms with Crippen molar-refractivity contribution in [2.24, 2.45) is 4.99 Å². The second-order valence-corrected chi connectivity index (χ2v) is 6.30. The van der Waals surface area contributed by atoms with E-state index in [1.807, 2.05) is 36.6 Å². The van der Waals surface area contributed by atoms with Gasteiger partial charge in [0.15, 0.2) is 10.7 Å². The van der Waals surface area contributed by atoms with Crippen LogP contribution in [0.1, 0.15) is 22.8 Å². The summed E-state index contributed by atoms with van der Waals surface area (Å²) < 4.78 is 0. The average Bonchev–Trinajstić information content (AvgIpc) is 2.88. The molecule has 6 heteroatoms. The van der Waals surface area contributed by atoms with Crippen LogP contribution in [0.15, 0.2) is 59.6 Å². The molecule has 1 N–H and O–H groups in total. The number of aldehydes is 1. The van der Waals surface area contributed by atoms with E-state index in [9.17, 15) is 9.59 Å². The first-order valence-electron chi connectivity index (χ1n) is 7.44. The first kappa shape index (κ1) is 16.3. The summed E-state index contributed by atoms with van der Waals surface area (Å²) in [6.07, 6.45) is 2.66. The van der Waals surface area contributed by atoms with Crippen LogP contribution >= 0.6 is 11.8 Å². The maximum absolute atomic E-state index is 13.0. The third kappa shape index (κ3) is 2.80. The molecule has 0 aliphatic carbocycles. The Balaban J connectivity index is 1.93. The number of amidine groups is 1. The maximum Gasteiger partial charge on any atom is 0.279 e. The first-order valence-corrected chi connectivity index (χ1v) is 8.67. The number of aliphatic imine (C=N–C) groups is 1. The molecule has 0 bridgehead atoms. The smallest absolute Gasteiger partial charge is 0.279 e. The molecule has 2 aromatic rings. The highest BCUT2D eigenvalue weighted by Crippen LogP contribution is 2.35. The van der Waals surface area contributed by atoms with Gasteiger partial charge in [0.1, 0.15) is 6.29 Å². The van der Waals surface area contributed by atoms with Gasteiger partial charge in [0.05, 0.1) is 5.69 Å². The van der Waals surface area contributed by atoms with Gasteiger partial charge in [-0.1, -0.05) is 54.2 Å². The quantitative estimate of drug-likeness (QED) is 0.868. The van der Waals surface area contributed by atoms with Crippen LogP contribution in [0.2, 0.25) is 0 Å². The minimum Gasteiger partial charge on any atom is -0.298 e. The van der Waals surface area contributed by atoms with E-state index in [0.717, 1.165) is 17.5 Å². The van der Waals surface area contributed by atoms with Crippen molar-refractivity contribution in [1.82, 2.24) is 5.01 Å². The van der Waals surface area contributed by atoms with E-state index in [1.165, 1.54) is 16.8 Å². The Kier molecular flexibility index (Phi) is 4.40. The second kappa shape index (κ2) is 6.49. The van der Waals surface area contributed by atoms with Gasteiger partial charge in [0.2, 0.25) is 0 Å². The predicted octanol–water partition coefficient (Wildman–Crippen LogP) is 3.30. The Morgan fingerprint density at radius 3 is 2.38 bits per heavy atom. The van der Waals surface area contributed by atoms with Crippen LogP contribution in [0.4, 0.5) is 5.69 Å². The van der Waals surface area contributed by atoms with Crippen molar-refractivity contribution in [3.05, 3.63) is 65.7 Å². The fraction of sp³-hybridized carbons (Fsp3) is 0.167. The summed E-state index contributed by atoms with van der Waals surface area (Å²) >= 11 is 1.40. The number of rotatable bonds is 4. The van der Waals surface area contributed by atoms with Crippen LogP contribution in [0, 0.1) is 0 Å². The highest BCUT2D eigenvalue weighted by molar-refractivity contribution is 8.13. The summed E-state index contributed by atoms with van der Waals surface area (Å²) in [6.45, 7) is 1.79. The molecule has 1 atom stereocenters. The van der Waals surface area contributed by atoms with Gasteiger partial charge < -0.3 is 0 Å². The zero-order valence-electron chi connectivity index (χ0n) is 13.4. The molecule has 0 fully saturated rings. The van der Waals surface area contributed by atoms with Crippen LogP contribution in [-0.2, 0) is 10.3 Å². The molecule has 1 heterocycles. The summed E-state index contributed by atoms with van der Waals surface area (Å²) in [5.74, 6) is -0.158. The minimum atomic E-state index is -1.01. The van der Waals surface area contributed by atoms with Crippen molar-refractivity contribution in [1.29, 1.82) is 0 Å². The number of hydrazine groups is 1. The van der Waals surface area contributed by atoms with Crippen LogP contribution in [0.5, 0.6) is 0 Å². The zero-order chi connectivity index (χ0) is 17.2. The molecule has 1 aliphatic heterocycles. The molecule has 0 unspecified atom stereocenters. The highest BCUT2D eigenvalue weighted by Gasteiger charge is 2.46. The molecule has 3 rings (SSSR count). The second-order valence-electron chi connectivity index (χ2n) is 5.53. The molecular weight excluding hydrogens is 322 g/mol. The maximum atomic E-state index is 13.0. The van der Waals surface area contributed by atoms with Gasteiger partial charge in [0.25, 0.3) is 5.91 Å². The number of hydrogen-bond acceptors (Lipinski definition) is 5. The number of amides is 1. The third-order valence-electron chi connectivity index (χ3n) is 3.94. The standard InChI is InChI=1S/C18H17N3O2S/c1-18(14-10-8-13(12-22)9-11-14)16(23)21(17(19-18)24-2)20-15-6-4-3-5-7-15/h3-12,20H,1-2H3/t18-/m1/s1. The van der Waals surface area contributed by atoms with Crippen molar-refractivity contribution in [2.45, 2.75) is 12.5 Å². The number of para-hydroxylation sites is 1. The number of thioether (sulfide) groups is 1. The molecule has 1 aliphatic rings. The molecule has 2 aromatic carbocycles. The van der Waals surface area contributed by atoms with Crippen LogP contribution < -0.4 is 5.43 Å². The molecular formula is C18H17N3O2S. The van der Waals surface area contributed by atoms with E-state index in [2.05, 4.69) is 10.4 Å². The van der Waals surface area contributed by atoms with Gasteiger partial charge in [-0.15, -0.1) is 0 Å². The van der Waals surface area contributed by atoms with Crippen molar-refractivity contribution >= 4 is 34.8 Å². The van der Waals surface area contributed by atoms with E-state index >= 15 is 0 Å². The Morgan fingerprint density at radius 2 is 1.79 bits per heavy atom. The molecule has 1 amide bonds. The van der Waals surface area contributed by atoms with Crippen molar-refractivity contribution in [3.8, 4) is 0 Å². The lowest BCUT2D eigenvalue weighted by Gasteiger charge is -2.24. The SMILES string of the molecule is CSC1=N[C@](C)(c2ccc(C=O)cc2)C(=O)N1Nc1ccccc1. The van der Waals surface area contributed by atoms with E-state index in [0.29, 0.717) is 10.7 Å². The minimum absolute atomic E-state index is 0.158.